The summed E-state index contributed by atoms with van der Waals surface area (Å²) in [7, 11) is -3.22. The number of hydrogen-bond acceptors (Lipinski definition) is 7. The van der Waals surface area contributed by atoms with Crippen LogP contribution in [0.15, 0.2) is 47.6 Å². The van der Waals surface area contributed by atoms with Crippen LogP contribution in [0.4, 0.5) is 17.6 Å². The van der Waals surface area contributed by atoms with Crippen molar-refractivity contribution in [2.45, 2.75) is 31.0 Å². The molecule has 0 radical (unpaired) electrons. The third-order valence-corrected chi connectivity index (χ3v) is 7.16. The molecule has 0 aliphatic rings. The molecule has 0 unspecified atom stereocenters. The first kappa shape index (κ1) is 26.9. The highest BCUT2D eigenvalue weighted by atomic mass is 32.2. The summed E-state index contributed by atoms with van der Waals surface area (Å²) >= 11 is 0. The predicted octanol–water partition coefficient (Wildman–Crippen LogP) is 3.27. The summed E-state index contributed by atoms with van der Waals surface area (Å²) in [6.07, 6.45) is -2.60. The molecule has 1 aromatic carbocycles. The summed E-state index contributed by atoms with van der Waals surface area (Å²) in [5.74, 6) is -1.40. The number of ether oxygens (including phenoxy) is 1. The number of nitrogens with two attached hydrogens (primary N) is 1. The summed E-state index contributed by atoms with van der Waals surface area (Å²) in [5.41, 5.74) is 6.04. The van der Waals surface area contributed by atoms with E-state index in [-0.39, 0.29) is 39.7 Å². The lowest BCUT2D eigenvalue weighted by molar-refractivity contribution is -0.147. The maximum Gasteiger partial charge on any atom is 0.404 e. The number of halogens is 4. The highest BCUT2D eigenvalue weighted by Crippen LogP contribution is 2.36. The molecule has 0 spiro atoms. The van der Waals surface area contributed by atoms with Crippen LogP contribution in [-0.2, 0) is 10.0 Å². The van der Waals surface area contributed by atoms with Crippen LogP contribution in [0, 0.1) is 12.7 Å². The zero-order chi connectivity index (χ0) is 28.0. The molecule has 0 aliphatic carbocycles. The second kappa shape index (κ2) is 9.64. The number of hydrogen-bond donors (Lipinski definition) is 2. The van der Waals surface area contributed by atoms with Crippen molar-refractivity contribution in [3.63, 3.8) is 0 Å². The molecule has 0 saturated heterocycles. The first-order chi connectivity index (χ1) is 17.7. The number of amides is 1. The molecule has 10 nitrogen and oxygen atoms in total. The van der Waals surface area contributed by atoms with Gasteiger partial charge < -0.3 is 10.5 Å². The van der Waals surface area contributed by atoms with Crippen LogP contribution in [0.3, 0.4) is 0 Å². The second-order valence-electron chi connectivity index (χ2n) is 8.20. The minimum Gasteiger partial charge on any atom is -0.481 e. The van der Waals surface area contributed by atoms with Crippen LogP contribution in [0.25, 0.3) is 28.2 Å². The predicted molar refractivity (Wildman–Crippen MR) is 128 cm³/mol. The number of nitrogens with one attached hydrogen (secondary N) is 1. The van der Waals surface area contributed by atoms with Gasteiger partial charge in [-0.15, -0.1) is 0 Å². The average Bonchev–Trinajstić information content (AvgIpc) is 3.17. The molecule has 3 aromatic heterocycles. The van der Waals surface area contributed by atoms with E-state index in [0.29, 0.717) is 12.4 Å². The summed E-state index contributed by atoms with van der Waals surface area (Å²) in [6, 6.07) is 3.88. The van der Waals surface area contributed by atoms with Gasteiger partial charge in [-0.2, -0.15) is 22.9 Å². The highest BCUT2D eigenvalue weighted by Gasteiger charge is 2.39. The van der Waals surface area contributed by atoms with E-state index in [9.17, 15) is 30.8 Å². The van der Waals surface area contributed by atoms with E-state index < -0.39 is 38.9 Å². The third kappa shape index (κ3) is 4.89. The van der Waals surface area contributed by atoms with Crippen molar-refractivity contribution in [1.29, 1.82) is 0 Å². The number of nitrogens with zero attached hydrogens (tertiary/aromatic N) is 4. The fourth-order valence-electron chi connectivity index (χ4n) is 3.71. The number of carbonyl (C=O) groups is 1. The lowest BCUT2D eigenvalue weighted by atomic mass is 10.1. The van der Waals surface area contributed by atoms with Crippen LogP contribution in [0.2, 0.25) is 0 Å². The van der Waals surface area contributed by atoms with E-state index in [0.717, 1.165) is 18.3 Å². The second-order valence-corrected chi connectivity index (χ2v) is 9.92. The number of primary amides is 1. The Bertz CT molecular complexity index is 1650. The number of alkyl halides is 3. The molecule has 0 saturated carbocycles. The molecule has 4 aromatic rings. The SMILES string of the molecule is COc1ccnc(-n2c(-c3ccc(S(=O)(=O)N[C@@H](C)C(F)(F)F)cn3)c(C(N)=O)c3cc(F)c(C)cc32)n1. The average molecular weight is 553 g/mol. The monoisotopic (exact) mass is 552 g/mol. The van der Waals surface area contributed by atoms with Crippen molar-refractivity contribution in [3.8, 4) is 23.2 Å². The fraction of sp³-hybridized carbons (Fsp3) is 0.217. The maximum absolute atomic E-state index is 14.5. The van der Waals surface area contributed by atoms with E-state index >= 15 is 0 Å². The van der Waals surface area contributed by atoms with E-state index in [1.165, 1.54) is 47.7 Å². The van der Waals surface area contributed by atoms with E-state index in [2.05, 4.69) is 15.0 Å². The van der Waals surface area contributed by atoms with Crippen molar-refractivity contribution >= 4 is 26.8 Å². The van der Waals surface area contributed by atoms with Gasteiger partial charge in [0.15, 0.2) is 0 Å². The molecule has 0 fully saturated rings. The van der Waals surface area contributed by atoms with Gasteiger partial charge in [0.05, 0.1) is 29.6 Å². The number of aromatic nitrogens is 4. The Morgan fingerprint density at radius 1 is 1.18 bits per heavy atom. The van der Waals surface area contributed by atoms with Gasteiger partial charge in [0, 0.05) is 23.8 Å². The number of sulfonamides is 1. The number of pyridine rings is 1. The van der Waals surface area contributed by atoms with Gasteiger partial charge in [-0.3, -0.25) is 14.3 Å². The van der Waals surface area contributed by atoms with Gasteiger partial charge in [-0.05, 0) is 43.7 Å². The maximum atomic E-state index is 14.5. The van der Waals surface area contributed by atoms with Gasteiger partial charge >= 0.3 is 6.18 Å². The molecule has 200 valence electrons. The van der Waals surface area contributed by atoms with Gasteiger partial charge in [0.2, 0.25) is 21.9 Å². The molecule has 1 atom stereocenters. The molecule has 38 heavy (non-hydrogen) atoms. The molecule has 0 aliphatic heterocycles. The van der Waals surface area contributed by atoms with Gasteiger partial charge in [0.1, 0.15) is 16.8 Å². The van der Waals surface area contributed by atoms with Gasteiger partial charge in [-0.25, -0.2) is 17.8 Å². The van der Waals surface area contributed by atoms with Crippen LogP contribution >= 0.6 is 0 Å². The third-order valence-electron chi connectivity index (χ3n) is 5.63. The Morgan fingerprint density at radius 3 is 2.47 bits per heavy atom. The van der Waals surface area contributed by atoms with Crippen molar-refractivity contribution in [2.24, 2.45) is 5.73 Å². The Morgan fingerprint density at radius 2 is 1.89 bits per heavy atom. The van der Waals surface area contributed by atoms with E-state index in [4.69, 9.17) is 10.5 Å². The molecular weight excluding hydrogens is 532 g/mol. The number of fused-ring (bicyclic) bond motifs is 1. The van der Waals surface area contributed by atoms with E-state index in [1.807, 2.05) is 0 Å². The highest BCUT2D eigenvalue weighted by molar-refractivity contribution is 7.89. The minimum atomic E-state index is -4.80. The lowest BCUT2D eigenvalue weighted by Crippen LogP contribution is -2.42. The Kier molecular flexibility index (Phi) is 6.84. The number of methoxy groups -OCH3 is 1. The lowest BCUT2D eigenvalue weighted by Gasteiger charge is -2.17. The molecule has 15 heteroatoms. The fourth-order valence-corrected chi connectivity index (χ4v) is 4.89. The normalized spacial score (nSPS) is 13.0. The molecule has 3 N–H and O–H groups in total. The standard InChI is InChI=1S/C23H20F4N6O4S/c1-11-8-17-14(9-15(11)24)19(21(28)34)20(33(17)22-29-7-6-18(31-22)37-3)16-5-4-13(10-30-16)38(35,36)32-12(2)23(25,26)27/h4-10,12,32H,1-3H3,(H2,28,34)/t12-/m0/s1. The topological polar surface area (TPSA) is 142 Å². The molecule has 0 bridgehead atoms. The summed E-state index contributed by atoms with van der Waals surface area (Å²) in [5, 5.41) is 0.112. The molecule has 4 rings (SSSR count). The molecule has 3 heterocycles. The number of benzene rings is 1. The van der Waals surface area contributed by atoms with E-state index in [1.54, 1.807) is 0 Å². The number of rotatable bonds is 7. The zero-order valence-electron chi connectivity index (χ0n) is 20.0. The van der Waals surface area contributed by atoms with Gasteiger partial charge in [-0.1, -0.05) is 0 Å². The summed E-state index contributed by atoms with van der Waals surface area (Å²) < 4.78 is 86.2. The van der Waals surface area contributed by atoms with Crippen molar-refractivity contribution in [3.05, 3.63) is 59.7 Å². The molecule has 1 amide bonds. The van der Waals surface area contributed by atoms with Crippen LogP contribution in [0.5, 0.6) is 5.88 Å². The van der Waals surface area contributed by atoms with Gasteiger partial charge in [0.25, 0.3) is 5.91 Å². The van der Waals surface area contributed by atoms with Crippen molar-refractivity contribution < 1.29 is 35.5 Å². The first-order valence-corrected chi connectivity index (χ1v) is 12.3. The summed E-state index contributed by atoms with van der Waals surface area (Å²) in [6.45, 7) is 2.17. The van der Waals surface area contributed by atoms with Crippen LogP contribution in [-0.4, -0.2) is 53.2 Å². The molecular formula is C23H20F4N6O4S. The number of aryl methyl sites for hydroxylation is 1. The van der Waals surface area contributed by atoms with Crippen LogP contribution in [0.1, 0.15) is 22.8 Å². The largest absolute Gasteiger partial charge is 0.481 e. The minimum absolute atomic E-state index is 0.00187. The van der Waals surface area contributed by atoms with Crippen molar-refractivity contribution in [2.75, 3.05) is 7.11 Å². The smallest absolute Gasteiger partial charge is 0.404 e. The number of carbonyl (C=O) groups excluding carboxylic acids is 1. The summed E-state index contributed by atoms with van der Waals surface area (Å²) in [4.78, 5) is 24.6. The Balaban J connectivity index is 1.96. The quantitative estimate of drug-likeness (QED) is 0.335. The Hall–Kier alpha value is -4.11. The first-order valence-electron chi connectivity index (χ1n) is 10.8. The zero-order valence-corrected chi connectivity index (χ0v) is 20.9. The van der Waals surface area contributed by atoms with Crippen molar-refractivity contribution in [1.82, 2.24) is 24.2 Å². The Labute approximate surface area is 213 Å². The van der Waals surface area contributed by atoms with Crippen LogP contribution < -0.4 is 15.2 Å².